The second kappa shape index (κ2) is 8.88. The van der Waals surface area contributed by atoms with Crippen LogP contribution in [0.1, 0.15) is 17.3 Å². The Morgan fingerprint density at radius 3 is 2.58 bits per heavy atom. The number of ether oxygens (including phenoxy) is 1. The van der Waals surface area contributed by atoms with Crippen LogP contribution in [-0.4, -0.2) is 47.5 Å². The number of nitrogens with zero attached hydrogens (tertiary/aromatic N) is 2. The summed E-state index contributed by atoms with van der Waals surface area (Å²) in [6.07, 6.45) is -4.59. The molecule has 31 heavy (non-hydrogen) atoms. The molecule has 3 N–H and O–H groups in total. The van der Waals surface area contributed by atoms with E-state index in [1.807, 2.05) is 0 Å². The Labute approximate surface area is 176 Å². The van der Waals surface area contributed by atoms with Gasteiger partial charge in [0.05, 0.1) is 5.69 Å². The third-order valence-corrected chi connectivity index (χ3v) is 4.44. The fraction of sp³-hybridized carbons (Fsp3) is 0.294. The predicted octanol–water partition coefficient (Wildman–Crippen LogP) is 2.24. The molecule has 8 nitrogen and oxygen atoms in total. The highest BCUT2D eigenvalue weighted by Gasteiger charge is 2.32. The minimum atomic E-state index is -4.59. The summed E-state index contributed by atoms with van der Waals surface area (Å²) in [6, 6.07) is 1.14. The zero-order valence-electron chi connectivity index (χ0n) is 15.3. The van der Waals surface area contributed by atoms with Crippen LogP contribution in [0.15, 0.2) is 24.3 Å². The van der Waals surface area contributed by atoms with Crippen molar-refractivity contribution < 1.29 is 36.3 Å². The Morgan fingerprint density at radius 1 is 1.26 bits per heavy atom. The van der Waals surface area contributed by atoms with Gasteiger partial charge in [0, 0.05) is 18.2 Å². The van der Waals surface area contributed by atoms with Gasteiger partial charge in [0.15, 0.2) is 6.61 Å². The summed E-state index contributed by atoms with van der Waals surface area (Å²) in [5.41, 5.74) is -0.387. The lowest BCUT2D eigenvalue weighted by Crippen LogP contribution is -2.44. The maximum absolute atomic E-state index is 14.6. The van der Waals surface area contributed by atoms with Gasteiger partial charge < -0.3 is 20.7 Å². The second-order valence-corrected chi connectivity index (χ2v) is 6.69. The van der Waals surface area contributed by atoms with Crippen molar-refractivity contribution >= 4 is 23.5 Å². The number of benzene rings is 1. The molecule has 1 aliphatic heterocycles. The number of alkyl halides is 3. The van der Waals surface area contributed by atoms with Gasteiger partial charge in [0.1, 0.15) is 28.7 Å². The van der Waals surface area contributed by atoms with Crippen LogP contribution < -0.4 is 20.7 Å². The highest BCUT2D eigenvalue weighted by atomic mass is 35.5. The van der Waals surface area contributed by atoms with Crippen LogP contribution in [0.5, 0.6) is 5.88 Å². The summed E-state index contributed by atoms with van der Waals surface area (Å²) in [6.45, 7) is -1.64. The van der Waals surface area contributed by atoms with Crippen LogP contribution in [-0.2, 0) is 4.79 Å². The molecule has 0 radical (unpaired) electrons. The minimum absolute atomic E-state index is 0.0417. The van der Waals surface area contributed by atoms with Crippen LogP contribution in [0.3, 0.4) is 0 Å². The number of carbonyl (C=O) groups excluding carboxylic acids is 2. The Balaban J connectivity index is 1.89. The first-order valence-corrected chi connectivity index (χ1v) is 8.94. The lowest BCUT2D eigenvalue weighted by molar-refractivity contribution is -0.154. The summed E-state index contributed by atoms with van der Waals surface area (Å²) in [7, 11) is 0. The van der Waals surface area contributed by atoms with Crippen molar-refractivity contribution in [3.05, 3.63) is 52.2 Å². The van der Waals surface area contributed by atoms with Crippen molar-refractivity contribution in [1.29, 1.82) is 0 Å². The molecular weight excluding hydrogens is 453 g/mol. The number of hydrogen-bond donors (Lipinski definition) is 3. The van der Waals surface area contributed by atoms with E-state index in [4.69, 9.17) is 11.6 Å². The average Bonchev–Trinajstić information content (AvgIpc) is 3.16. The minimum Gasteiger partial charge on any atom is -0.467 e. The Morgan fingerprint density at radius 2 is 2.00 bits per heavy atom. The van der Waals surface area contributed by atoms with Crippen LogP contribution in [0.4, 0.5) is 26.7 Å². The lowest BCUT2D eigenvalue weighted by Gasteiger charge is -2.21. The second-order valence-electron chi connectivity index (χ2n) is 6.31. The number of halogens is 6. The number of hydrogen-bond acceptors (Lipinski definition) is 5. The number of rotatable bonds is 6. The number of amides is 3. The number of urea groups is 1. The fourth-order valence-corrected chi connectivity index (χ4v) is 2.82. The molecule has 2 heterocycles. The molecule has 0 unspecified atom stereocenters. The van der Waals surface area contributed by atoms with Crippen LogP contribution in [0.2, 0.25) is 5.02 Å². The molecule has 2 aromatic rings. The largest absolute Gasteiger partial charge is 0.467 e. The number of aromatic nitrogens is 2. The molecule has 1 aromatic heterocycles. The predicted molar refractivity (Wildman–Crippen MR) is 95.3 cm³/mol. The van der Waals surface area contributed by atoms with E-state index in [1.165, 1.54) is 0 Å². The zero-order chi connectivity index (χ0) is 22.8. The first-order valence-electron chi connectivity index (χ1n) is 8.56. The summed E-state index contributed by atoms with van der Waals surface area (Å²) in [5, 5.41) is 13.5. The van der Waals surface area contributed by atoms with Gasteiger partial charge in [-0.05, 0) is 12.1 Å². The lowest BCUT2D eigenvalue weighted by atomic mass is 10.0. The summed E-state index contributed by atoms with van der Waals surface area (Å²) in [4.78, 5) is 23.7. The van der Waals surface area contributed by atoms with E-state index < -0.39 is 59.3 Å². The molecule has 1 aromatic carbocycles. The molecule has 0 aliphatic carbocycles. The van der Waals surface area contributed by atoms with Gasteiger partial charge in [-0.2, -0.15) is 13.2 Å². The molecule has 0 bridgehead atoms. The van der Waals surface area contributed by atoms with Crippen LogP contribution in [0.25, 0.3) is 0 Å². The van der Waals surface area contributed by atoms with Gasteiger partial charge in [-0.15, -0.1) is 10.2 Å². The van der Waals surface area contributed by atoms with Crippen molar-refractivity contribution in [2.24, 2.45) is 0 Å². The van der Waals surface area contributed by atoms with Crippen molar-refractivity contribution in [2.45, 2.75) is 18.3 Å². The molecular formula is C17H13ClF5N5O3. The van der Waals surface area contributed by atoms with E-state index in [0.717, 1.165) is 24.3 Å². The van der Waals surface area contributed by atoms with Crippen molar-refractivity contribution in [1.82, 2.24) is 26.1 Å². The highest BCUT2D eigenvalue weighted by Crippen LogP contribution is 2.29. The monoisotopic (exact) mass is 465 g/mol. The molecule has 0 saturated carbocycles. The van der Waals surface area contributed by atoms with E-state index in [9.17, 15) is 31.5 Å². The Kier molecular flexibility index (Phi) is 6.43. The molecule has 0 spiro atoms. The number of nitrogens with one attached hydrogen (secondary N) is 3. The summed E-state index contributed by atoms with van der Waals surface area (Å²) < 4.78 is 69.4. The van der Waals surface area contributed by atoms with E-state index >= 15 is 0 Å². The quantitative estimate of drug-likeness (QED) is 0.448. The maximum atomic E-state index is 14.6. The van der Waals surface area contributed by atoms with E-state index in [1.54, 1.807) is 0 Å². The van der Waals surface area contributed by atoms with Gasteiger partial charge in [-0.25, -0.2) is 13.6 Å². The molecule has 166 valence electrons. The molecule has 1 aliphatic rings. The van der Waals surface area contributed by atoms with Crippen molar-refractivity contribution in [3.63, 3.8) is 0 Å². The molecule has 1 fully saturated rings. The Bertz CT molecular complexity index is 989. The molecule has 1 saturated heterocycles. The first kappa shape index (κ1) is 22.5. The third kappa shape index (κ3) is 5.48. The van der Waals surface area contributed by atoms with Gasteiger partial charge in [0.2, 0.25) is 11.8 Å². The molecule has 3 rings (SSSR count). The summed E-state index contributed by atoms with van der Waals surface area (Å²) >= 11 is 5.61. The molecule has 2 atom stereocenters. The van der Waals surface area contributed by atoms with Gasteiger partial charge >= 0.3 is 12.2 Å². The van der Waals surface area contributed by atoms with Crippen LogP contribution >= 0.6 is 11.6 Å². The van der Waals surface area contributed by atoms with Gasteiger partial charge in [0.25, 0.3) is 0 Å². The maximum Gasteiger partial charge on any atom is 0.422 e. The molecule has 3 amide bonds. The SMILES string of the molecule is O=C1NC[C@@H](C(=O)N[C@H](c2ccc(OCC(F)(F)F)nn2)c2ccc(F)c(Cl)c2F)N1. The fourth-order valence-electron chi connectivity index (χ4n) is 2.65. The van der Waals surface area contributed by atoms with Crippen molar-refractivity contribution in [3.8, 4) is 5.88 Å². The topological polar surface area (TPSA) is 105 Å². The number of carbonyl (C=O) groups is 2. The molecule has 14 heteroatoms. The average molecular weight is 466 g/mol. The summed E-state index contributed by atoms with van der Waals surface area (Å²) in [5.74, 6) is -3.42. The van der Waals surface area contributed by atoms with E-state index in [2.05, 4.69) is 30.9 Å². The zero-order valence-corrected chi connectivity index (χ0v) is 16.0. The van der Waals surface area contributed by atoms with Gasteiger partial charge in [-0.3, -0.25) is 4.79 Å². The third-order valence-electron chi connectivity index (χ3n) is 4.09. The van der Waals surface area contributed by atoms with Crippen molar-refractivity contribution in [2.75, 3.05) is 13.2 Å². The van der Waals surface area contributed by atoms with Gasteiger partial charge in [-0.1, -0.05) is 17.7 Å². The first-order chi connectivity index (χ1) is 14.5. The van der Waals surface area contributed by atoms with Crippen LogP contribution in [0, 0.1) is 11.6 Å². The highest BCUT2D eigenvalue weighted by molar-refractivity contribution is 6.31. The normalized spacial score (nSPS) is 17.0. The Hall–Kier alpha value is -3.22. The van der Waals surface area contributed by atoms with E-state index in [-0.39, 0.29) is 17.8 Å². The standard InChI is InChI=1S/C17H13ClF5N5O3/c18-12-8(19)2-1-7(13(12)20)14(26-15(29)10-5-24-16(30)25-10)9-3-4-11(28-27-9)31-6-17(21,22)23/h1-4,10,14H,5-6H2,(H,26,29)(H2,24,25,30)/t10-,14-/m0/s1. The van der Waals surface area contributed by atoms with E-state index in [0.29, 0.717) is 0 Å². The smallest absolute Gasteiger partial charge is 0.422 e.